The molecule has 4 nitrogen and oxygen atoms in total. The Morgan fingerprint density at radius 2 is 1.90 bits per heavy atom. The number of rotatable bonds is 5. The average Bonchev–Trinajstić information content (AvgIpc) is 2.48. The van der Waals surface area contributed by atoms with Crippen LogP contribution < -0.4 is 4.74 Å². The fraction of sp³-hybridized carbons (Fsp3) is 0.533. The summed E-state index contributed by atoms with van der Waals surface area (Å²) < 4.78 is 18.4. The van der Waals surface area contributed by atoms with Gasteiger partial charge in [-0.25, -0.2) is 4.39 Å². The van der Waals surface area contributed by atoms with Crippen molar-refractivity contribution in [3.8, 4) is 5.75 Å². The topological polar surface area (TPSA) is 32.8 Å². The van der Waals surface area contributed by atoms with Crippen molar-refractivity contribution in [2.75, 3.05) is 46.4 Å². The number of Topliss-reactive ketones (excluding diaryl/α,β-unsaturated/α-hetero) is 1. The number of hydrogen-bond donors (Lipinski definition) is 0. The van der Waals surface area contributed by atoms with E-state index in [9.17, 15) is 9.18 Å². The zero-order valence-electron chi connectivity index (χ0n) is 12.1. The lowest BCUT2D eigenvalue weighted by atomic mass is 10.1. The summed E-state index contributed by atoms with van der Waals surface area (Å²) in [5.74, 6) is -0.372. The van der Waals surface area contributed by atoms with Crippen molar-refractivity contribution in [2.45, 2.75) is 6.92 Å². The first-order valence-corrected chi connectivity index (χ1v) is 6.95. The van der Waals surface area contributed by atoms with Gasteiger partial charge >= 0.3 is 0 Å². The van der Waals surface area contributed by atoms with E-state index < -0.39 is 5.82 Å². The van der Waals surface area contributed by atoms with E-state index in [-0.39, 0.29) is 11.5 Å². The third-order valence-corrected chi connectivity index (χ3v) is 3.75. The summed E-state index contributed by atoms with van der Waals surface area (Å²) in [6, 6.07) is 4.37. The third kappa shape index (κ3) is 3.55. The number of carbonyl (C=O) groups is 1. The van der Waals surface area contributed by atoms with Gasteiger partial charge in [-0.3, -0.25) is 9.69 Å². The van der Waals surface area contributed by atoms with Crippen LogP contribution in [0.3, 0.4) is 0 Å². The van der Waals surface area contributed by atoms with Gasteiger partial charge in [0.15, 0.2) is 17.3 Å². The second-order valence-corrected chi connectivity index (χ2v) is 4.98. The van der Waals surface area contributed by atoms with Crippen molar-refractivity contribution in [2.24, 2.45) is 0 Å². The maximum absolute atomic E-state index is 13.6. The van der Waals surface area contributed by atoms with Gasteiger partial charge in [0.1, 0.15) is 0 Å². The van der Waals surface area contributed by atoms with E-state index in [4.69, 9.17) is 4.74 Å². The van der Waals surface area contributed by atoms with E-state index in [1.165, 1.54) is 19.2 Å². The summed E-state index contributed by atoms with van der Waals surface area (Å²) in [7, 11) is 1.41. The van der Waals surface area contributed by atoms with Crippen LogP contribution in [0.2, 0.25) is 0 Å². The van der Waals surface area contributed by atoms with E-state index in [0.717, 1.165) is 32.7 Å². The Morgan fingerprint density at radius 3 is 2.45 bits per heavy atom. The van der Waals surface area contributed by atoms with Crippen molar-refractivity contribution >= 4 is 5.78 Å². The zero-order valence-corrected chi connectivity index (χ0v) is 12.1. The molecule has 1 aromatic rings. The number of nitrogens with zero attached hydrogens (tertiary/aromatic N) is 2. The molecule has 1 aliphatic rings. The number of ketones is 1. The van der Waals surface area contributed by atoms with Gasteiger partial charge in [0.25, 0.3) is 0 Å². The Morgan fingerprint density at radius 1 is 1.25 bits per heavy atom. The molecular weight excluding hydrogens is 259 g/mol. The van der Waals surface area contributed by atoms with Crippen LogP contribution in [0.1, 0.15) is 17.3 Å². The lowest BCUT2D eigenvalue weighted by Crippen LogP contribution is -2.47. The molecule has 5 heteroatoms. The smallest absolute Gasteiger partial charge is 0.176 e. The molecule has 1 heterocycles. The Hall–Kier alpha value is -1.46. The van der Waals surface area contributed by atoms with E-state index in [1.807, 2.05) is 0 Å². The van der Waals surface area contributed by atoms with Crippen molar-refractivity contribution in [1.29, 1.82) is 0 Å². The highest BCUT2D eigenvalue weighted by atomic mass is 19.1. The summed E-state index contributed by atoms with van der Waals surface area (Å²) in [6.45, 7) is 7.29. The molecule has 0 N–H and O–H groups in total. The summed E-state index contributed by atoms with van der Waals surface area (Å²) >= 11 is 0. The van der Waals surface area contributed by atoms with E-state index in [0.29, 0.717) is 12.1 Å². The minimum Gasteiger partial charge on any atom is -0.494 e. The molecule has 1 aromatic carbocycles. The molecule has 1 fully saturated rings. The lowest BCUT2D eigenvalue weighted by Gasteiger charge is -2.33. The predicted octanol–water partition coefficient (Wildman–Crippen LogP) is 1.65. The lowest BCUT2D eigenvalue weighted by molar-refractivity contribution is 0.0858. The summed E-state index contributed by atoms with van der Waals surface area (Å²) in [5.41, 5.74) is 0.404. The number of likely N-dealkylation sites (N-methyl/N-ethyl adjacent to an activating group) is 1. The number of hydrogen-bond acceptors (Lipinski definition) is 4. The number of carbonyl (C=O) groups excluding carboxylic acids is 1. The Labute approximate surface area is 119 Å². The minimum absolute atomic E-state index is 0.0449. The monoisotopic (exact) mass is 280 g/mol. The van der Waals surface area contributed by atoms with E-state index in [2.05, 4.69) is 16.7 Å². The Kier molecular flexibility index (Phi) is 5.09. The molecule has 0 bridgehead atoms. The molecule has 0 amide bonds. The van der Waals surface area contributed by atoms with Crippen molar-refractivity contribution in [3.63, 3.8) is 0 Å². The molecule has 0 unspecified atom stereocenters. The fourth-order valence-electron chi connectivity index (χ4n) is 2.40. The number of ether oxygens (including phenoxy) is 1. The summed E-state index contributed by atoms with van der Waals surface area (Å²) in [4.78, 5) is 16.6. The van der Waals surface area contributed by atoms with Gasteiger partial charge in [-0.2, -0.15) is 0 Å². The van der Waals surface area contributed by atoms with Crippen LogP contribution in [-0.2, 0) is 0 Å². The van der Waals surface area contributed by atoms with Gasteiger partial charge in [0, 0.05) is 31.7 Å². The standard InChI is InChI=1S/C15H21FN2O2/c1-3-17-6-8-18(9-7-17)11-14(19)12-4-5-15(20-2)13(16)10-12/h4-5,10H,3,6-9,11H2,1-2H3. The summed E-state index contributed by atoms with van der Waals surface area (Å²) in [6.07, 6.45) is 0. The normalized spacial score (nSPS) is 17.1. The highest BCUT2D eigenvalue weighted by Crippen LogP contribution is 2.18. The molecular formula is C15H21FN2O2. The molecule has 0 aromatic heterocycles. The summed E-state index contributed by atoms with van der Waals surface area (Å²) in [5, 5.41) is 0. The first kappa shape index (κ1) is 14.9. The molecule has 20 heavy (non-hydrogen) atoms. The Bertz CT molecular complexity index is 471. The van der Waals surface area contributed by atoms with Crippen LogP contribution in [0.5, 0.6) is 5.75 Å². The Balaban J connectivity index is 1.93. The molecule has 1 aliphatic heterocycles. The van der Waals surface area contributed by atoms with E-state index in [1.54, 1.807) is 6.07 Å². The second-order valence-electron chi connectivity index (χ2n) is 4.98. The van der Waals surface area contributed by atoms with Gasteiger partial charge in [-0.05, 0) is 24.7 Å². The molecule has 0 saturated carbocycles. The van der Waals surface area contributed by atoms with Gasteiger partial charge in [-0.1, -0.05) is 6.92 Å². The first-order valence-electron chi connectivity index (χ1n) is 6.95. The molecule has 0 radical (unpaired) electrons. The second kappa shape index (κ2) is 6.81. The number of methoxy groups -OCH3 is 1. The van der Waals surface area contributed by atoms with Crippen molar-refractivity contribution in [3.05, 3.63) is 29.6 Å². The van der Waals surface area contributed by atoms with Gasteiger partial charge in [0.05, 0.1) is 13.7 Å². The van der Waals surface area contributed by atoms with E-state index >= 15 is 0 Å². The highest BCUT2D eigenvalue weighted by molar-refractivity contribution is 5.97. The number of halogens is 1. The quantitative estimate of drug-likeness (QED) is 0.768. The van der Waals surface area contributed by atoms with Crippen LogP contribution in [0, 0.1) is 5.82 Å². The molecule has 0 aliphatic carbocycles. The number of benzene rings is 1. The maximum atomic E-state index is 13.6. The molecule has 0 atom stereocenters. The van der Waals surface area contributed by atoms with Crippen LogP contribution in [0.25, 0.3) is 0 Å². The average molecular weight is 280 g/mol. The van der Waals surface area contributed by atoms with Gasteiger partial charge in [-0.15, -0.1) is 0 Å². The predicted molar refractivity (Wildman–Crippen MR) is 75.8 cm³/mol. The van der Waals surface area contributed by atoms with Crippen LogP contribution in [0.4, 0.5) is 4.39 Å². The number of piperazine rings is 1. The van der Waals surface area contributed by atoms with Crippen LogP contribution in [-0.4, -0.2) is 62.0 Å². The molecule has 0 spiro atoms. The first-order chi connectivity index (χ1) is 9.63. The van der Waals surface area contributed by atoms with Crippen molar-refractivity contribution < 1.29 is 13.9 Å². The van der Waals surface area contributed by atoms with Crippen molar-refractivity contribution in [1.82, 2.24) is 9.80 Å². The SMILES string of the molecule is CCN1CCN(CC(=O)c2ccc(OC)c(F)c2)CC1. The molecule has 1 saturated heterocycles. The van der Waals surface area contributed by atoms with Gasteiger partial charge in [0.2, 0.25) is 0 Å². The third-order valence-electron chi connectivity index (χ3n) is 3.75. The molecule has 110 valence electrons. The zero-order chi connectivity index (χ0) is 14.5. The highest BCUT2D eigenvalue weighted by Gasteiger charge is 2.19. The van der Waals surface area contributed by atoms with Crippen LogP contribution >= 0.6 is 0 Å². The molecule has 2 rings (SSSR count). The maximum Gasteiger partial charge on any atom is 0.176 e. The van der Waals surface area contributed by atoms with Crippen LogP contribution in [0.15, 0.2) is 18.2 Å². The van der Waals surface area contributed by atoms with Gasteiger partial charge < -0.3 is 9.64 Å². The largest absolute Gasteiger partial charge is 0.494 e. The minimum atomic E-state index is -0.492. The fourth-order valence-corrected chi connectivity index (χ4v) is 2.40.